The van der Waals surface area contributed by atoms with Crippen LogP contribution in [0.5, 0.6) is 0 Å². The van der Waals surface area contributed by atoms with Gasteiger partial charge in [-0.3, -0.25) is 0 Å². The van der Waals surface area contributed by atoms with Gasteiger partial charge in [0.25, 0.3) is 0 Å². The topological polar surface area (TPSA) is 13.0 Å². The number of piperazine rings is 2. The van der Waals surface area contributed by atoms with Gasteiger partial charge >= 0.3 is 0 Å². The maximum absolute atomic E-state index is 2.42. The van der Waals surface area contributed by atoms with Crippen molar-refractivity contribution in [3.63, 3.8) is 0 Å². The van der Waals surface area contributed by atoms with Crippen LogP contribution in [0.4, 0.5) is 0 Å². The van der Waals surface area contributed by atoms with E-state index in [0.29, 0.717) is 0 Å². The van der Waals surface area contributed by atoms with Crippen molar-refractivity contribution >= 4 is 16.3 Å². The van der Waals surface area contributed by atoms with Crippen LogP contribution in [0.2, 0.25) is 5.79 Å². The van der Waals surface area contributed by atoms with Crippen LogP contribution in [-0.2, 0) is 0 Å². The van der Waals surface area contributed by atoms with E-state index in [1.807, 2.05) is 5.79 Å². The minimum atomic E-state index is 0. The predicted octanol–water partition coefficient (Wildman–Crippen LogP) is 0.566. The van der Waals surface area contributed by atoms with Gasteiger partial charge in [0.2, 0.25) is 0 Å². The Morgan fingerprint density at radius 2 is 0.579 bits per heavy atom. The Morgan fingerprint density at radius 1 is 0.474 bits per heavy atom. The number of likely N-dealkylation sites (N-methyl/N-ethyl adjacent to an activating group) is 4. The summed E-state index contributed by atoms with van der Waals surface area (Å²) >= 11 is 2.42. The summed E-state index contributed by atoms with van der Waals surface area (Å²) in [5.74, 6) is 1.92. The fourth-order valence-electron chi connectivity index (χ4n) is 1.81. The Hall–Kier alpha value is 0.372. The van der Waals surface area contributed by atoms with Crippen molar-refractivity contribution in [2.75, 3.05) is 80.5 Å². The van der Waals surface area contributed by atoms with E-state index < -0.39 is 0 Å². The molecular weight excluding hydrogens is 251 g/mol. The maximum Gasteiger partial charge on any atom is 0.112 e. The molecule has 0 saturated carbocycles. The minimum absolute atomic E-state index is 0. The normalized spacial score (nSPS) is 22.4. The van der Waals surface area contributed by atoms with E-state index in [-0.39, 0.29) is 7.43 Å². The van der Waals surface area contributed by atoms with Crippen LogP contribution in [0.3, 0.4) is 0 Å². The Kier molecular flexibility index (Phi) is 15.2. The second-order valence-electron chi connectivity index (χ2n) is 5.21. The molecule has 0 aliphatic carbocycles. The second kappa shape index (κ2) is 13.4. The quantitative estimate of drug-likeness (QED) is 0.604. The number of hydrogen-bond acceptors (Lipinski definition) is 4. The second-order valence-corrected chi connectivity index (χ2v) is 5.21. The van der Waals surface area contributed by atoms with Gasteiger partial charge in [-0.1, -0.05) is 7.43 Å². The lowest BCUT2D eigenvalue weighted by molar-refractivity contribution is 0.181. The lowest BCUT2D eigenvalue weighted by atomic mass is 10.4. The molecule has 0 atom stereocenters. The zero-order valence-corrected chi connectivity index (χ0v) is 14.2. The highest BCUT2D eigenvalue weighted by Crippen LogP contribution is 1.94. The first kappa shape index (κ1) is 21.7. The molecule has 0 unspecified atom stereocenters. The van der Waals surface area contributed by atoms with Gasteiger partial charge in [-0.15, -0.1) is 5.79 Å². The van der Waals surface area contributed by atoms with Gasteiger partial charge in [0.15, 0.2) is 0 Å². The standard InChI is InChI=1S/2C6H14N2.CH4.CH3.Al/c2*1-7-3-5-8(2)6-4-7;;;/h2*3-6H2,1-2H3;1H4;1H3;. The molecule has 0 aromatic heterocycles. The van der Waals surface area contributed by atoms with Gasteiger partial charge in [0.1, 0.15) is 16.3 Å². The summed E-state index contributed by atoms with van der Waals surface area (Å²) in [4.78, 5) is 9.44. The van der Waals surface area contributed by atoms with Crippen molar-refractivity contribution in [3.8, 4) is 0 Å². The zero-order valence-electron chi connectivity index (χ0n) is 13.0. The molecule has 0 N–H and O–H groups in total. The van der Waals surface area contributed by atoms with Crippen molar-refractivity contribution in [1.29, 1.82) is 0 Å². The molecule has 2 saturated heterocycles. The van der Waals surface area contributed by atoms with Gasteiger partial charge in [-0.25, -0.2) is 0 Å². The first-order valence-corrected chi connectivity index (χ1v) is 8.05. The van der Waals surface area contributed by atoms with E-state index in [9.17, 15) is 0 Å². The first-order valence-electron chi connectivity index (χ1n) is 6.90. The Labute approximate surface area is 130 Å². The van der Waals surface area contributed by atoms with E-state index in [1.165, 1.54) is 52.4 Å². The van der Waals surface area contributed by atoms with Crippen LogP contribution in [0.15, 0.2) is 0 Å². The van der Waals surface area contributed by atoms with E-state index in [4.69, 9.17) is 0 Å². The predicted molar refractivity (Wildman–Crippen MR) is 88.3 cm³/mol. The molecule has 5 heteroatoms. The average Bonchev–Trinajstić information content (AvgIpc) is 2.40. The molecular formula is C14H35AlN4. The number of hydrogen-bond donors (Lipinski definition) is 0. The average molecular weight is 286 g/mol. The van der Waals surface area contributed by atoms with Crippen LogP contribution in [-0.4, -0.2) is 116 Å². The summed E-state index contributed by atoms with van der Waals surface area (Å²) in [6, 6.07) is 0. The first-order chi connectivity index (χ1) is 8.58. The fourth-order valence-corrected chi connectivity index (χ4v) is 1.81. The molecule has 0 bridgehead atoms. The van der Waals surface area contributed by atoms with Crippen LogP contribution in [0.1, 0.15) is 7.43 Å². The summed E-state index contributed by atoms with van der Waals surface area (Å²) in [6.45, 7) is 9.86. The van der Waals surface area contributed by atoms with E-state index in [2.05, 4.69) is 64.1 Å². The van der Waals surface area contributed by atoms with Gasteiger partial charge in [-0.2, -0.15) is 0 Å². The lowest BCUT2D eigenvalue weighted by Crippen LogP contribution is -2.42. The molecule has 2 rings (SSSR count). The molecule has 0 aromatic carbocycles. The zero-order chi connectivity index (χ0) is 14.0. The summed E-state index contributed by atoms with van der Waals surface area (Å²) < 4.78 is 0. The molecule has 2 heterocycles. The highest BCUT2D eigenvalue weighted by atomic mass is 27.0. The molecule has 4 nitrogen and oxygen atoms in total. The third-order valence-electron chi connectivity index (χ3n) is 3.45. The highest BCUT2D eigenvalue weighted by molar-refractivity contribution is 6.05. The van der Waals surface area contributed by atoms with Crippen molar-refractivity contribution in [2.45, 2.75) is 13.2 Å². The Morgan fingerprint density at radius 3 is 0.684 bits per heavy atom. The van der Waals surface area contributed by atoms with E-state index >= 15 is 0 Å². The summed E-state index contributed by atoms with van der Waals surface area (Å²) in [5, 5.41) is 0. The number of rotatable bonds is 0. The van der Waals surface area contributed by atoms with Crippen molar-refractivity contribution in [1.82, 2.24) is 19.6 Å². The fraction of sp³-hybridized carbons (Fsp3) is 1.00. The Balaban J connectivity index is 0. The van der Waals surface area contributed by atoms with Crippen LogP contribution in [0.25, 0.3) is 0 Å². The minimum Gasteiger partial charge on any atom is -0.304 e. The molecule has 19 heavy (non-hydrogen) atoms. The molecule has 114 valence electrons. The molecule has 2 aliphatic rings. The summed E-state index contributed by atoms with van der Waals surface area (Å²) in [5.41, 5.74) is 0. The van der Waals surface area contributed by atoms with E-state index in [1.54, 1.807) is 0 Å². The smallest absolute Gasteiger partial charge is 0.112 e. The van der Waals surface area contributed by atoms with Crippen molar-refractivity contribution < 1.29 is 0 Å². The highest BCUT2D eigenvalue weighted by Gasteiger charge is 2.08. The summed E-state index contributed by atoms with van der Waals surface area (Å²) in [6.07, 6.45) is 0. The van der Waals surface area contributed by atoms with E-state index in [0.717, 1.165) is 0 Å². The molecule has 0 spiro atoms. The van der Waals surface area contributed by atoms with Gasteiger partial charge in [-0.05, 0) is 28.2 Å². The summed E-state index contributed by atoms with van der Waals surface area (Å²) in [7, 11) is 8.69. The third kappa shape index (κ3) is 11.9. The lowest BCUT2D eigenvalue weighted by Gasteiger charge is -2.28. The van der Waals surface area contributed by atoms with Crippen molar-refractivity contribution in [3.05, 3.63) is 0 Å². The Bertz CT molecular complexity index is 136. The van der Waals surface area contributed by atoms with Gasteiger partial charge < -0.3 is 19.6 Å². The largest absolute Gasteiger partial charge is 0.304 e. The SMILES string of the molecule is C.CN1CCN(C)CC1.CN1CCN(C)CC1.[CH3][Al]. The molecule has 0 amide bonds. The molecule has 2 fully saturated rings. The van der Waals surface area contributed by atoms with Crippen LogP contribution in [0, 0.1) is 0 Å². The maximum atomic E-state index is 2.42. The molecule has 2 aliphatic heterocycles. The monoisotopic (exact) mass is 286 g/mol. The number of nitrogens with zero attached hydrogens (tertiary/aromatic N) is 4. The van der Waals surface area contributed by atoms with Crippen LogP contribution >= 0.6 is 0 Å². The third-order valence-corrected chi connectivity index (χ3v) is 3.45. The van der Waals surface area contributed by atoms with Crippen LogP contribution < -0.4 is 0 Å². The van der Waals surface area contributed by atoms with Crippen molar-refractivity contribution in [2.24, 2.45) is 0 Å². The molecule has 0 aromatic rings. The molecule has 2 radical (unpaired) electrons. The van der Waals surface area contributed by atoms with Gasteiger partial charge in [0, 0.05) is 52.4 Å². The van der Waals surface area contributed by atoms with Gasteiger partial charge in [0.05, 0.1) is 0 Å².